The van der Waals surface area contributed by atoms with Crippen molar-refractivity contribution >= 4 is 23.8 Å². The Morgan fingerprint density at radius 2 is 1.53 bits per heavy atom. The van der Waals surface area contributed by atoms with Gasteiger partial charge in [0, 0.05) is 31.7 Å². The monoisotopic (exact) mass is 537 g/mol. The predicted molar refractivity (Wildman–Crippen MR) is 165 cm³/mol. The molecule has 3 aromatic heterocycles. The average Bonchev–Trinajstić information content (AvgIpc) is 3.23. The number of hydrogen-bond acceptors (Lipinski definition) is 6. The number of ether oxygens (including phenoxy) is 1. The Hall–Kier alpha value is -2.74. The predicted octanol–water partition coefficient (Wildman–Crippen LogP) is 7.33. The molecule has 0 amide bonds. The van der Waals surface area contributed by atoms with Gasteiger partial charge in [0.2, 0.25) is 0 Å². The van der Waals surface area contributed by atoms with Crippen LogP contribution in [0, 0.1) is 12.8 Å². The van der Waals surface area contributed by atoms with Crippen molar-refractivity contribution in [1.82, 2.24) is 24.2 Å². The van der Waals surface area contributed by atoms with Crippen molar-refractivity contribution in [2.24, 2.45) is 5.92 Å². The highest BCUT2D eigenvalue weighted by molar-refractivity contribution is 7.78. The summed E-state index contributed by atoms with van der Waals surface area (Å²) in [6.07, 6.45) is 11.8. The number of benzene rings is 1. The number of aryl methyl sites for hydroxylation is 1. The van der Waals surface area contributed by atoms with E-state index in [0.717, 1.165) is 49.0 Å². The van der Waals surface area contributed by atoms with Gasteiger partial charge in [-0.05, 0) is 62.1 Å². The number of rotatable bonds is 9. The molecule has 4 aromatic rings. The van der Waals surface area contributed by atoms with Crippen molar-refractivity contribution in [3.63, 3.8) is 0 Å². The van der Waals surface area contributed by atoms with Crippen LogP contribution in [0.3, 0.4) is 0 Å². The summed E-state index contributed by atoms with van der Waals surface area (Å²) in [7, 11) is 1.74. The fraction of sp³-hybridized carbons (Fsp3) is 0.452. The summed E-state index contributed by atoms with van der Waals surface area (Å²) in [6.45, 7) is 13.3. The summed E-state index contributed by atoms with van der Waals surface area (Å²) in [6, 6.07) is 16.5. The molecule has 0 aliphatic carbocycles. The first-order valence-electron chi connectivity index (χ1n) is 13.5. The van der Waals surface area contributed by atoms with Crippen LogP contribution in [0.15, 0.2) is 73.3 Å². The lowest BCUT2D eigenvalue weighted by molar-refractivity contribution is 0.133. The van der Waals surface area contributed by atoms with Crippen molar-refractivity contribution in [2.45, 2.75) is 66.8 Å². The molecule has 0 aliphatic heterocycles. The summed E-state index contributed by atoms with van der Waals surface area (Å²) < 4.78 is 10.4. The van der Waals surface area contributed by atoms with E-state index in [1.165, 1.54) is 30.4 Å². The molecule has 0 saturated heterocycles. The second-order valence-corrected chi connectivity index (χ2v) is 9.92. The molecular weight excluding hydrogens is 490 g/mol. The van der Waals surface area contributed by atoms with Crippen LogP contribution in [-0.4, -0.2) is 39.8 Å². The van der Waals surface area contributed by atoms with Crippen LogP contribution in [0.4, 0.5) is 0 Å². The quantitative estimate of drug-likeness (QED) is 0.173. The number of hydrogen-bond donors (Lipinski definition) is 2. The van der Waals surface area contributed by atoms with Crippen molar-refractivity contribution in [1.29, 1.82) is 0 Å². The minimum atomic E-state index is 0.806. The summed E-state index contributed by atoms with van der Waals surface area (Å²) in [5.74, 6) is 1.85. The third kappa shape index (κ3) is 14.9. The largest absolute Gasteiger partial charge is 0.381 e. The molecule has 0 bridgehead atoms. The van der Waals surface area contributed by atoms with Crippen molar-refractivity contribution in [3.05, 3.63) is 90.3 Å². The number of unbranched alkanes of at least 4 members (excludes halogenated alkanes) is 2. The van der Waals surface area contributed by atoms with E-state index in [0.29, 0.717) is 0 Å². The van der Waals surface area contributed by atoms with Crippen LogP contribution in [0.25, 0.3) is 11.0 Å². The lowest BCUT2D eigenvalue weighted by Crippen LogP contribution is -2.03. The molecule has 0 spiro atoms. The fourth-order valence-corrected chi connectivity index (χ4v) is 3.34. The molecule has 7 heteroatoms. The van der Waals surface area contributed by atoms with Crippen molar-refractivity contribution < 1.29 is 4.74 Å². The van der Waals surface area contributed by atoms with Crippen LogP contribution in [0.2, 0.25) is 0 Å². The van der Waals surface area contributed by atoms with Gasteiger partial charge in [0.25, 0.3) is 0 Å². The van der Waals surface area contributed by atoms with Gasteiger partial charge in [-0.2, -0.15) is 0 Å². The first-order chi connectivity index (χ1) is 18.4. The third-order valence-corrected chi connectivity index (χ3v) is 5.10. The van der Waals surface area contributed by atoms with Gasteiger partial charge >= 0.3 is 0 Å². The van der Waals surface area contributed by atoms with Gasteiger partial charge in [-0.1, -0.05) is 83.7 Å². The average molecular weight is 538 g/mol. The van der Waals surface area contributed by atoms with Crippen molar-refractivity contribution in [2.75, 3.05) is 20.3 Å². The molecule has 0 atom stereocenters. The molecule has 0 fully saturated rings. The van der Waals surface area contributed by atoms with E-state index in [4.69, 9.17) is 4.74 Å². The Bertz CT molecular complexity index is 1060. The highest BCUT2D eigenvalue weighted by Crippen LogP contribution is 2.17. The summed E-state index contributed by atoms with van der Waals surface area (Å²) in [5, 5.41) is 0. The minimum Gasteiger partial charge on any atom is -0.381 e. The fourth-order valence-electron chi connectivity index (χ4n) is 3.34. The molecule has 6 nitrogen and oxygen atoms in total. The second kappa shape index (κ2) is 21.2. The number of nitrogens with zero attached hydrogens (tertiary/aromatic N) is 4. The van der Waals surface area contributed by atoms with Crippen LogP contribution in [0.1, 0.15) is 63.9 Å². The van der Waals surface area contributed by atoms with E-state index in [9.17, 15) is 0 Å². The maximum atomic E-state index is 5.70. The van der Waals surface area contributed by atoms with Gasteiger partial charge in [0.15, 0.2) is 0 Å². The molecule has 0 unspecified atom stereocenters. The number of pyridine rings is 2. The number of aromatic nitrogens is 4. The third-order valence-electron chi connectivity index (χ3n) is 5.10. The van der Waals surface area contributed by atoms with Gasteiger partial charge in [-0.3, -0.25) is 14.7 Å². The van der Waals surface area contributed by atoms with Gasteiger partial charge in [0.1, 0.15) is 5.82 Å². The molecule has 4 rings (SSSR count). The van der Waals surface area contributed by atoms with Gasteiger partial charge in [-0.15, -0.1) is 0 Å². The molecule has 3 heterocycles. The van der Waals surface area contributed by atoms with Crippen molar-refractivity contribution in [3.8, 4) is 0 Å². The van der Waals surface area contributed by atoms with E-state index in [1.807, 2.05) is 37.4 Å². The van der Waals surface area contributed by atoms with E-state index in [2.05, 4.69) is 89.0 Å². The Morgan fingerprint density at radius 3 is 2.08 bits per heavy atom. The molecule has 0 radical (unpaired) electrons. The summed E-state index contributed by atoms with van der Waals surface area (Å²) in [4.78, 5) is 12.6. The highest BCUT2D eigenvalue weighted by Gasteiger charge is 2.07. The van der Waals surface area contributed by atoms with E-state index >= 15 is 0 Å². The van der Waals surface area contributed by atoms with Gasteiger partial charge in [-0.25, -0.2) is 4.98 Å². The number of imidazole rings is 1. The Balaban J connectivity index is 0.000000458. The molecule has 0 saturated carbocycles. The van der Waals surface area contributed by atoms with Crippen LogP contribution < -0.4 is 4.72 Å². The molecule has 0 aliphatic rings. The van der Waals surface area contributed by atoms with Crippen LogP contribution in [0.5, 0.6) is 0 Å². The number of nitrogens with one attached hydrogen (secondary N) is 1. The van der Waals surface area contributed by atoms with E-state index in [-0.39, 0.29) is 0 Å². The molecular formula is C31H47N5OS. The lowest BCUT2D eigenvalue weighted by atomic mass is 10.1. The number of thiol groups is 1. The second-order valence-electron chi connectivity index (χ2n) is 9.48. The minimum absolute atomic E-state index is 0.806. The zero-order valence-corrected chi connectivity index (χ0v) is 25.0. The molecule has 1 N–H and O–H groups in total. The normalized spacial score (nSPS) is 10.1. The summed E-state index contributed by atoms with van der Waals surface area (Å²) in [5.41, 5.74) is 4.70. The van der Waals surface area contributed by atoms with E-state index in [1.54, 1.807) is 25.6 Å². The lowest BCUT2D eigenvalue weighted by Gasteiger charge is -2.08. The SMILES string of the molecule is CC(C)C.CCCCCOCCc1ccc(Cn2c(C)nc3ccncc32)cc1.CNS.c1ccncc1. The van der Waals surface area contributed by atoms with Crippen LogP contribution >= 0.6 is 12.8 Å². The van der Waals surface area contributed by atoms with Gasteiger partial charge in [0.05, 0.1) is 23.8 Å². The maximum absolute atomic E-state index is 5.70. The number of fused-ring (bicyclic) bond motifs is 1. The first kappa shape index (κ1) is 33.3. The topological polar surface area (TPSA) is 64.9 Å². The van der Waals surface area contributed by atoms with Gasteiger partial charge < -0.3 is 9.30 Å². The first-order valence-corrected chi connectivity index (χ1v) is 14.0. The summed E-state index contributed by atoms with van der Waals surface area (Å²) >= 11 is 3.54. The smallest absolute Gasteiger partial charge is 0.107 e. The molecule has 1 aromatic carbocycles. The Kier molecular flexibility index (Phi) is 18.6. The highest BCUT2D eigenvalue weighted by atomic mass is 32.1. The molecule has 208 valence electrons. The Morgan fingerprint density at radius 1 is 0.895 bits per heavy atom. The standard InChI is InChI=1S/C21H27N3O.C5H5N.C4H10.CH5NS/c1-3-4-5-13-25-14-11-18-6-8-19(9-7-18)16-24-17(2)23-20-10-12-22-15-21(20)24;1-2-4-6-5-3-1;1-4(2)3;1-2-3/h6-10,12,15H,3-5,11,13-14,16H2,1-2H3;1-5H;4H,1-3H3;2-3H,1H3. The zero-order valence-electron chi connectivity index (χ0n) is 24.1. The van der Waals surface area contributed by atoms with E-state index < -0.39 is 0 Å². The Labute approximate surface area is 235 Å². The molecule has 38 heavy (non-hydrogen) atoms. The zero-order chi connectivity index (χ0) is 28.0. The maximum Gasteiger partial charge on any atom is 0.107 e. The van der Waals surface area contributed by atoms with Crippen LogP contribution in [-0.2, 0) is 17.7 Å².